The highest BCUT2D eigenvalue weighted by molar-refractivity contribution is 6.30. The van der Waals surface area contributed by atoms with Crippen LogP contribution in [0.2, 0.25) is 5.02 Å². The maximum absolute atomic E-state index is 14.5. The number of nitrogens with one attached hydrogen (secondary N) is 2. The number of carbonyl (C=O) groups excluding carboxylic acids is 2. The number of hydrogen-bond acceptors (Lipinski definition) is 7. The Balaban J connectivity index is 1.51. The lowest BCUT2D eigenvalue weighted by atomic mass is 10.1. The van der Waals surface area contributed by atoms with E-state index in [1.807, 2.05) is 27.1 Å². The first-order valence-electron chi connectivity index (χ1n) is 12.6. The number of carbonyl (C=O) groups is 2. The largest absolute Gasteiger partial charge is 0.457 e. The summed E-state index contributed by atoms with van der Waals surface area (Å²) in [6, 6.07) is 9.21. The van der Waals surface area contributed by atoms with Gasteiger partial charge in [0.2, 0.25) is 0 Å². The molecule has 0 aliphatic carbocycles. The lowest BCUT2D eigenvalue weighted by Crippen LogP contribution is -2.34. The van der Waals surface area contributed by atoms with Gasteiger partial charge in [-0.15, -0.1) is 0 Å². The summed E-state index contributed by atoms with van der Waals surface area (Å²) in [5.41, 5.74) is 2.02. The van der Waals surface area contributed by atoms with Gasteiger partial charge in [-0.2, -0.15) is 0 Å². The second-order valence-corrected chi connectivity index (χ2v) is 9.94. The van der Waals surface area contributed by atoms with Gasteiger partial charge in [-0.3, -0.25) is 9.78 Å². The Morgan fingerprint density at radius 1 is 1.15 bits per heavy atom. The third kappa shape index (κ3) is 6.95. The summed E-state index contributed by atoms with van der Waals surface area (Å²) in [5, 5.41) is 6.34. The van der Waals surface area contributed by atoms with Gasteiger partial charge in [-0.1, -0.05) is 25.4 Å². The van der Waals surface area contributed by atoms with Crippen LogP contribution in [0, 0.1) is 5.82 Å². The van der Waals surface area contributed by atoms with Crippen molar-refractivity contribution < 1.29 is 23.3 Å². The van der Waals surface area contributed by atoms with Crippen molar-refractivity contribution in [2.75, 3.05) is 11.9 Å². The fraction of sp³-hybridized carbons (Fsp3) is 0.241. The number of amides is 1. The molecule has 3 aromatic heterocycles. The molecule has 0 radical (unpaired) electrons. The first kappa shape index (κ1) is 28.6. The molecule has 0 fully saturated rings. The summed E-state index contributed by atoms with van der Waals surface area (Å²) >= 11 is 6.07. The van der Waals surface area contributed by atoms with Gasteiger partial charge in [0.05, 0.1) is 23.4 Å². The standard InChI is InChI=1S/C29H28ClFN6O3/c1-17(2)22-15-33-26(21-12-20(30)7-8-24(21)31)36-27(22)35-25-9-10-32-14-23(25)28(38)34-13-18(3)40-29(39)19-6-5-11-37(4)16-19/h5-12,14-18H,13H2,1-4H3,(H-,32,33,34,35,36,38)/p+1/t18-/m0/s1. The van der Waals surface area contributed by atoms with Gasteiger partial charge in [-0.25, -0.2) is 23.7 Å². The van der Waals surface area contributed by atoms with Gasteiger partial charge in [0.25, 0.3) is 5.91 Å². The quantitative estimate of drug-likeness (QED) is 0.218. The van der Waals surface area contributed by atoms with Crippen LogP contribution >= 0.6 is 11.6 Å². The Labute approximate surface area is 236 Å². The van der Waals surface area contributed by atoms with Crippen molar-refractivity contribution in [2.45, 2.75) is 32.8 Å². The van der Waals surface area contributed by atoms with Crippen LogP contribution in [-0.4, -0.2) is 39.5 Å². The van der Waals surface area contributed by atoms with E-state index in [-0.39, 0.29) is 29.4 Å². The lowest BCUT2D eigenvalue weighted by molar-refractivity contribution is -0.671. The fourth-order valence-corrected chi connectivity index (χ4v) is 4.03. The molecule has 206 valence electrons. The summed E-state index contributed by atoms with van der Waals surface area (Å²) in [7, 11) is 1.81. The molecule has 1 aromatic carbocycles. The number of anilines is 2. The summed E-state index contributed by atoms with van der Waals surface area (Å²) in [6.45, 7) is 5.72. The average molecular weight is 564 g/mol. The maximum Gasteiger partial charge on any atom is 0.344 e. The van der Waals surface area contributed by atoms with Crippen LogP contribution in [-0.2, 0) is 11.8 Å². The SMILES string of the molecule is CC(C)c1cnc(-c2cc(Cl)ccc2F)nc1Nc1ccncc1C(=O)NC[C@H](C)OC(=O)c1ccc[n+](C)c1. The molecule has 3 heterocycles. The molecular formula is C29H29ClFN6O3+. The Hall–Kier alpha value is -4.44. The van der Waals surface area contributed by atoms with Gasteiger partial charge in [0.1, 0.15) is 30.4 Å². The van der Waals surface area contributed by atoms with Crippen molar-refractivity contribution in [3.05, 3.63) is 94.9 Å². The Morgan fingerprint density at radius 3 is 2.70 bits per heavy atom. The van der Waals surface area contributed by atoms with Crippen LogP contribution in [0.5, 0.6) is 0 Å². The minimum Gasteiger partial charge on any atom is -0.457 e. The van der Waals surface area contributed by atoms with E-state index < -0.39 is 23.8 Å². The topological polar surface area (TPSA) is 110 Å². The maximum atomic E-state index is 14.5. The third-order valence-corrected chi connectivity index (χ3v) is 6.20. The van der Waals surface area contributed by atoms with E-state index >= 15 is 0 Å². The highest BCUT2D eigenvalue weighted by Gasteiger charge is 2.20. The van der Waals surface area contributed by atoms with E-state index in [9.17, 15) is 14.0 Å². The van der Waals surface area contributed by atoms with Crippen molar-refractivity contribution in [2.24, 2.45) is 7.05 Å². The van der Waals surface area contributed by atoms with E-state index in [2.05, 4.69) is 25.6 Å². The number of aryl methyl sites for hydroxylation is 1. The van der Waals surface area contributed by atoms with Crippen molar-refractivity contribution >= 4 is 35.0 Å². The zero-order valence-corrected chi connectivity index (χ0v) is 23.2. The lowest BCUT2D eigenvalue weighted by Gasteiger charge is -2.17. The molecule has 2 N–H and O–H groups in total. The molecule has 1 amide bonds. The van der Waals surface area contributed by atoms with Crippen LogP contribution in [0.3, 0.4) is 0 Å². The zero-order chi connectivity index (χ0) is 28.8. The summed E-state index contributed by atoms with van der Waals surface area (Å²) in [6.07, 6.45) is 7.47. The molecule has 4 rings (SSSR count). The summed E-state index contributed by atoms with van der Waals surface area (Å²) in [5.74, 6) is -0.827. The number of rotatable bonds is 9. The van der Waals surface area contributed by atoms with Crippen molar-refractivity contribution in [3.63, 3.8) is 0 Å². The second-order valence-electron chi connectivity index (χ2n) is 9.51. The highest BCUT2D eigenvalue weighted by Crippen LogP contribution is 2.30. The zero-order valence-electron chi connectivity index (χ0n) is 22.5. The minimum absolute atomic E-state index is 0.0298. The molecular weight excluding hydrogens is 535 g/mol. The molecule has 0 aliphatic heterocycles. The van der Waals surface area contributed by atoms with Crippen LogP contribution < -0.4 is 15.2 Å². The predicted molar refractivity (Wildman–Crippen MR) is 149 cm³/mol. The fourth-order valence-electron chi connectivity index (χ4n) is 3.86. The van der Waals surface area contributed by atoms with Crippen molar-refractivity contribution in [1.29, 1.82) is 0 Å². The van der Waals surface area contributed by atoms with Crippen LogP contribution in [0.25, 0.3) is 11.4 Å². The molecule has 40 heavy (non-hydrogen) atoms. The van der Waals surface area contributed by atoms with Gasteiger partial charge in [0.15, 0.2) is 18.2 Å². The number of nitrogens with zero attached hydrogens (tertiary/aromatic N) is 4. The number of aromatic nitrogens is 4. The Kier molecular flexibility index (Phi) is 9.00. The Morgan fingerprint density at radius 2 is 1.95 bits per heavy atom. The summed E-state index contributed by atoms with van der Waals surface area (Å²) in [4.78, 5) is 38.6. The highest BCUT2D eigenvalue weighted by atomic mass is 35.5. The van der Waals surface area contributed by atoms with E-state index in [4.69, 9.17) is 16.3 Å². The molecule has 0 spiro atoms. The number of pyridine rings is 2. The first-order chi connectivity index (χ1) is 19.1. The first-order valence-corrected chi connectivity index (χ1v) is 13.0. The molecule has 1 atom stereocenters. The number of hydrogen-bond donors (Lipinski definition) is 2. The normalized spacial score (nSPS) is 11.7. The van der Waals surface area contributed by atoms with E-state index in [1.54, 1.807) is 42.1 Å². The molecule has 0 saturated heterocycles. The van der Waals surface area contributed by atoms with E-state index in [0.717, 1.165) is 5.56 Å². The van der Waals surface area contributed by atoms with E-state index in [1.165, 1.54) is 30.6 Å². The monoisotopic (exact) mass is 563 g/mol. The number of benzene rings is 1. The second kappa shape index (κ2) is 12.6. The molecule has 9 nitrogen and oxygen atoms in total. The minimum atomic E-state index is -0.584. The van der Waals surface area contributed by atoms with Crippen molar-refractivity contribution in [1.82, 2.24) is 20.3 Å². The molecule has 11 heteroatoms. The number of esters is 1. The van der Waals surface area contributed by atoms with E-state index in [0.29, 0.717) is 22.1 Å². The molecule has 0 saturated carbocycles. The summed E-state index contributed by atoms with van der Waals surface area (Å²) < 4.78 is 21.7. The smallest absolute Gasteiger partial charge is 0.344 e. The van der Waals surface area contributed by atoms with Gasteiger partial charge >= 0.3 is 5.97 Å². The van der Waals surface area contributed by atoms with Crippen molar-refractivity contribution in [3.8, 4) is 11.4 Å². The van der Waals surface area contributed by atoms with Gasteiger partial charge < -0.3 is 15.4 Å². The molecule has 4 aromatic rings. The Bertz CT molecular complexity index is 1550. The van der Waals surface area contributed by atoms with Crippen LogP contribution in [0.1, 0.15) is 53.0 Å². The van der Waals surface area contributed by atoms with Gasteiger partial charge in [0, 0.05) is 35.2 Å². The molecule has 0 aliphatic rings. The number of ether oxygens (including phenoxy) is 1. The average Bonchev–Trinajstić information content (AvgIpc) is 2.93. The van der Waals surface area contributed by atoms with Gasteiger partial charge in [-0.05, 0) is 43.2 Å². The number of halogens is 2. The third-order valence-electron chi connectivity index (χ3n) is 5.96. The molecule has 0 bridgehead atoms. The predicted octanol–water partition coefficient (Wildman–Crippen LogP) is 5.00. The molecule has 0 unspecified atom stereocenters. The van der Waals surface area contributed by atoms with Crippen LogP contribution in [0.4, 0.5) is 15.9 Å². The van der Waals surface area contributed by atoms with Crippen LogP contribution in [0.15, 0.2) is 67.4 Å².